The predicted octanol–water partition coefficient (Wildman–Crippen LogP) is 1.39. The molecule has 1 aliphatic heterocycles. The van der Waals surface area contributed by atoms with Gasteiger partial charge in [-0.1, -0.05) is 17.3 Å². The molecule has 1 atom stereocenters. The number of carbonyl (C=O) groups excluding carboxylic acids is 1. The fourth-order valence-corrected chi connectivity index (χ4v) is 2.90. The van der Waals surface area contributed by atoms with Crippen molar-refractivity contribution in [2.45, 2.75) is 19.9 Å². The van der Waals surface area contributed by atoms with Gasteiger partial charge in [0.2, 0.25) is 17.6 Å². The maximum atomic E-state index is 11.9. The van der Waals surface area contributed by atoms with Crippen molar-refractivity contribution < 1.29 is 19.2 Å². The maximum absolute atomic E-state index is 11.9. The van der Waals surface area contributed by atoms with Gasteiger partial charge in [0.05, 0.1) is 18.0 Å². The summed E-state index contributed by atoms with van der Waals surface area (Å²) in [6, 6.07) is 6.31. The van der Waals surface area contributed by atoms with Gasteiger partial charge in [-0.2, -0.15) is 4.98 Å². The second-order valence-corrected chi connectivity index (χ2v) is 6.01. The molecule has 2 aromatic rings. The summed E-state index contributed by atoms with van der Waals surface area (Å²) in [7, 11) is 0. The number of aromatic carboxylic acids is 1. The summed E-state index contributed by atoms with van der Waals surface area (Å²) in [4.78, 5) is 29.2. The number of hydrogen-bond donors (Lipinski definition) is 2. The highest BCUT2D eigenvalue weighted by Gasteiger charge is 2.28. The summed E-state index contributed by atoms with van der Waals surface area (Å²) in [5.74, 6) is 0.0250. The third-order valence-electron chi connectivity index (χ3n) is 4.21. The summed E-state index contributed by atoms with van der Waals surface area (Å²) in [6.07, 6.45) is 0.823. The summed E-state index contributed by atoms with van der Waals surface area (Å²) < 4.78 is 5.28. The largest absolute Gasteiger partial charge is 0.478 e. The normalized spacial score (nSPS) is 17.6. The number of carboxylic acid groups (broad SMARTS) is 1. The third-order valence-corrected chi connectivity index (χ3v) is 4.21. The Morgan fingerprint density at radius 3 is 2.80 bits per heavy atom. The van der Waals surface area contributed by atoms with E-state index in [2.05, 4.69) is 20.4 Å². The molecule has 0 spiro atoms. The number of aromatic nitrogens is 2. The van der Waals surface area contributed by atoms with Crippen LogP contribution < -0.4 is 5.32 Å². The Hall–Kier alpha value is -2.74. The zero-order chi connectivity index (χ0) is 17.8. The molecular formula is C17H20N4O4. The molecule has 1 aliphatic rings. The lowest BCUT2D eigenvalue weighted by Gasteiger charge is -2.13. The Balaban J connectivity index is 1.60. The molecule has 1 amide bonds. The summed E-state index contributed by atoms with van der Waals surface area (Å²) >= 11 is 0. The van der Waals surface area contributed by atoms with Crippen molar-refractivity contribution in [3.05, 3.63) is 35.7 Å². The minimum atomic E-state index is -0.976. The minimum absolute atomic E-state index is 0.00547. The van der Waals surface area contributed by atoms with Crippen LogP contribution in [0.3, 0.4) is 0 Å². The molecule has 2 heterocycles. The average molecular weight is 344 g/mol. The van der Waals surface area contributed by atoms with E-state index in [4.69, 9.17) is 9.63 Å². The molecule has 8 heteroatoms. The van der Waals surface area contributed by atoms with E-state index in [1.807, 2.05) is 6.92 Å². The Labute approximate surface area is 144 Å². The molecule has 0 saturated carbocycles. The van der Waals surface area contributed by atoms with Crippen LogP contribution in [0, 0.1) is 5.92 Å². The van der Waals surface area contributed by atoms with Crippen LogP contribution in [0.25, 0.3) is 11.4 Å². The van der Waals surface area contributed by atoms with E-state index in [1.165, 1.54) is 12.1 Å². The number of rotatable bonds is 6. The average Bonchev–Trinajstić information content (AvgIpc) is 3.25. The zero-order valence-corrected chi connectivity index (χ0v) is 13.9. The number of carboxylic acids is 1. The quantitative estimate of drug-likeness (QED) is 0.815. The number of likely N-dealkylation sites (tertiary alicyclic amines) is 1. The second kappa shape index (κ2) is 7.43. The van der Waals surface area contributed by atoms with Gasteiger partial charge in [-0.15, -0.1) is 0 Å². The number of amides is 1. The van der Waals surface area contributed by atoms with E-state index in [1.54, 1.807) is 12.1 Å². The van der Waals surface area contributed by atoms with Crippen LogP contribution in [0.2, 0.25) is 0 Å². The highest BCUT2D eigenvalue weighted by molar-refractivity contribution is 5.88. The third kappa shape index (κ3) is 4.03. The molecule has 25 heavy (non-hydrogen) atoms. The van der Waals surface area contributed by atoms with Crippen LogP contribution in [0.1, 0.15) is 29.6 Å². The van der Waals surface area contributed by atoms with Crippen molar-refractivity contribution >= 4 is 11.9 Å². The topological polar surface area (TPSA) is 109 Å². The van der Waals surface area contributed by atoms with Crippen molar-refractivity contribution in [2.24, 2.45) is 5.92 Å². The predicted molar refractivity (Wildman–Crippen MR) is 88.8 cm³/mol. The van der Waals surface area contributed by atoms with Crippen LogP contribution in [-0.2, 0) is 11.3 Å². The Bertz CT molecular complexity index is 756. The van der Waals surface area contributed by atoms with Crippen molar-refractivity contribution in [3.8, 4) is 11.4 Å². The number of carbonyl (C=O) groups is 2. The first-order valence-electron chi connectivity index (χ1n) is 8.23. The Kier molecular flexibility index (Phi) is 5.08. The van der Waals surface area contributed by atoms with Crippen molar-refractivity contribution in [3.63, 3.8) is 0 Å². The lowest BCUT2D eigenvalue weighted by Crippen LogP contribution is -2.32. The van der Waals surface area contributed by atoms with Crippen molar-refractivity contribution in [2.75, 3.05) is 19.6 Å². The first-order chi connectivity index (χ1) is 12.1. The Morgan fingerprint density at radius 1 is 1.36 bits per heavy atom. The first kappa shape index (κ1) is 17.1. The molecule has 0 radical (unpaired) electrons. The summed E-state index contributed by atoms with van der Waals surface area (Å²) in [6.45, 7) is 4.54. The van der Waals surface area contributed by atoms with Gasteiger partial charge in [-0.3, -0.25) is 9.69 Å². The van der Waals surface area contributed by atoms with Gasteiger partial charge in [-0.05, 0) is 32.0 Å². The van der Waals surface area contributed by atoms with Gasteiger partial charge in [0.25, 0.3) is 0 Å². The zero-order valence-electron chi connectivity index (χ0n) is 13.9. The van der Waals surface area contributed by atoms with Gasteiger partial charge in [0.1, 0.15) is 0 Å². The summed E-state index contributed by atoms with van der Waals surface area (Å²) in [5.41, 5.74) is 0.905. The lowest BCUT2D eigenvalue weighted by atomic mass is 10.1. The number of hydrogen-bond acceptors (Lipinski definition) is 6. The molecule has 0 unspecified atom stereocenters. The van der Waals surface area contributed by atoms with Gasteiger partial charge in [0.15, 0.2) is 0 Å². The molecule has 1 saturated heterocycles. The van der Waals surface area contributed by atoms with Crippen molar-refractivity contribution in [1.82, 2.24) is 20.4 Å². The van der Waals surface area contributed by atoms with E-state index < -0.39 is 5.97 Å². The van der Waals surface area contributed by atoms with E-state index in [9.17, 15) is 9.59 Å². The minimum Gasteiger partial charge on any atom is -0.478 e. The summed E-state index contributed by atoms with van der Waals surface area (Å²) in [5, 5.41) is 15.7. The monoisotopic (exact) mass is 344 g/mol. The van der Waals surface area contributed by atoms with Gasteiger partial charge in [-0.25, -0.2) is 4.79 Å². The van der Waals surface area contributed by atoms with Crippen LogP contribution in [0.4, 0.5) is 0 Å². The van der Waals surface area contributed by atoms with Crippen LogP contribution >= 0.6 is 0 Å². The Morgan fingerprint density at radius 2 is 2.12 bits per heavy atom. The van der Waals surface area contributed by atoms with Gasteiger partial charge < -0.3 is 14.9 Å². The highest BCUT2D eigenvalue weighted by atomic mass is 16.5. The molecule has 3 rings (SSSR count). The number of nitrogens with one attached hydrogen (secondary N) is 1. The van der Waals surface area contributed by atoms with Crippen LogP contribution in [0.15, 0.2) is 28.8 Å². The van der Waals surface area contributed by atoms with E-state index in [0.29, 0.717) is 36.9 Å². The SMILES string of the molecule is CCNC(=O)[C@@H]1CCN(Cc2nc(-c3ccc(C(=O)O)cc3)no2)C1. The molecule has 0 aliphatic carbocycles. The number of nitrogens with zero attached hydrogens (tertiary/aromatic N) is 3. The molecular weight excluding hydrogens is 324 g/mol. The molecule has 8 nitrogen and oxygen atoms in total. The molecule has 132 valence electrons. The molecule has 1 aromatic heterocycles. The molecule has 0 bridgehead atoms. The molecule has 1 aromatic carbocycles. The first-order valence-corrected chi connectivity index (χ1v) is 8.23. The van der Waals surface area contributed by atoms with Gasteiger partial charge in [0, 0.05) is 18.7 Å². The smallest absolute Gasteiger partial charge is 0.335 e. The lowest BCUT2D eigenvalue weighted by molar-refractivity contribution is -0.124. The highest BCUT2D eigenvalue weighted by Crippen LogP contribution is 2.21. The second-order valence-electron chi connectivity index (χ2n) is 6.01. The van der Waals surface area contributed by atoms with Crippen LogP contribution in [0.5, 0.6) is 0 Å². The number of benzene rings is 1. The fourth-order valence-electron chi connectivity index (χ4n) is 2.90. The van der Waals surface area contributed by atoms with Gasteiger partial charge >= 0.3 is 5.97 Å². The van der Waals surface area contributed by atoms with E-state index in [0.717, 1.165) is 13.0 Å². The van der Waals surface area contributed by atoms with E-state index in [-0.39, 0.29) is 17.4 Å². The van der Waals surface area contributed by atoms with Crippen LogP contribution in [-0.4, -0.2) is 51.7 Å². The standard InChI is InChI=1S/C17H20N4O4/c1-2-18-16(22)13-7-8-21(9-13)10-14-19-15(20-25-14)11-3-5-12(6-4-11)17(23)24/h3-6,13H,2,7-10H2,1H3,(H,18,22)(H,23,24)/t13-/m1/s1. The maximum Gasteiger partial charge on any atom is 0.335 e. The molecule has 2 N–H and O–H groups in total. The fraction of sp³-hybridized carbons (Fsp3) is 0.412. The molecule has 1 fully saturated rings. The van der Waals surface area contributed by atoms with Crippen molar-refractivity contribution in [1.29, 1.82) is 0 Å². The van der Waals surface area contributed by atoms with E-state index >= 15 is 0 Å².